The Balaban J connectivity index is 2.22. The average Bonchev–Trinajstić information content (AvgIpc) is 2.44. The maximum Gasteiger partial charge on any atom is 0.143 e. The molecule has 0 aliphatic heterocycles. The van der Waals surface area contributed by atoms with Crippen LogP contribution in [0.1, 0.15) is 13.3 Å². The molecule has 0 saturated carbocycles. The van der Waals surface area contributed by atoms with Crippen molar-refractivity contribution in [3.63, 3.8) is 0 Å². The van der Waals surface area contributed by atoms with E-state index in [9.17, 15) is 0 Å². The topological polar surface area (TPSA) is 35.2 Å². The van der Waals surface area contributed by atoms with Crippen LogP contribution in [-0.4, -0.2) is 6.61 Å². The molecule has 0 unspecified atom stereocenters. The monoisotopic (exact) mass is 327 g/mol. The number of halogens is 2. The molecular formula is C15H15Cl2NOS. The van der Waals surface area contributed by atoms with Gasteiger partial charge in [-0.2, -0.15) is 0 Å². The first-order chi connectivity index (χ1) is 9.61. The molecule has 2 N–H and O–H groups in total. The summed E-state index contributed by atoms with van der Waals surface area (Å²) in [5, 5.41) is 1.08. The lowest BCUT2D eigenvalue weighted by Crippen LogP contribution is -1.99. The Morgan fingerprint density at radius 1 is 1.15 bits per heavy atom. The van der Waals surface area contributed by atoms with Gasteiger partial charge in [-0.1, -0.05) is 48.0 Å². The van der Waals surface area contributed by atoms with E-state index in [-0.39, 0.29) is 0 Å². The first kappa shape index (κ1) is 15.4. The normalized spacial score (nSPS) is 10.6. The number of hydrogen-bond donors (Lipinski definition) is 1. The molecule has 0 heterocycles. The molecule has 2 aromatic carbocycles. The number of ether oxygens (including phenoxy) is 1. The number of nitrogen functional groups attached to an aromatic ring is 1. The molecule has 0 saturated heterocycles. The molecular weight excluding hydrogens is 313 g/mol. The Kier molecular flexibility index (Phi) is 5.46. The van der Waals surface area contributed by atoms with Gasteiger partial charge in [0.15, 0.2) is 0 Å². The molecule has 0 aliphatic rings. The Bertz CT molecular complexity index is 604. The zero-order chi connectivity index (χ0) is 14.5. The van der Waals surface area contributed by atoms with Crippen molar-refractivity contribution in [3.05, 3.63) is 46.4 Å². The fourth-order valence-corrected chi connectivity index (χ4v) is 2.90. The molecule has 0 amide bonds. The van der Waals surface area contributed by atoms with Crippen LogP contribution in [-0.2, 0) is 0 Å². The van der Waals surface area contributed by atoms with Crippen LogP contribution in [0.25, 0.3) is 0 Å². The molecule has 0 spiro atoms. The second-order valence-corrected chi connectivity index (χ2v) is 6.12. The quantitative estimate of drug-likeness (QED) is 0.735. The molecule has 20 heavy (non-hydrogen) atoms. The van der Waals surface area contributed by atoms with Crippen LogP contribution in [0.15, 0.2) is 46.2 Å². The Hall–Kier alpha value is -1.03. The minimum atomic E-state index is 0.536. The predicted molar refractivity (Wildman–Crippen MR) is 87.2 cm³/mol. The van der Waals surface area contributed by atoms with E-state index in [2.05, 4.69) is 6.92 Å². The Morgan fingerprint density at radius 3 is 2.65 bits per heavy atom. The molecule has 5 heteroatoms. The fraction of sp³-hybridized carbons (Fsp3) is 0.200. The fourth-order valence-electron chi connectivity index (χ4n) is 1.62. The number of anilines is 1. The highest BCUT2D eigenvalue weighted by Crippen LogP contribution is 2.38. The van der Waals surface area contributed by atoms with E-state index in [1.165, 1.54) is 11.8 Å². The molecule has 0 bridgehead atoms. The van der Waals surface area contributed by atoms with Crippen molar-refractivity contribution in [2.24, 2.45) is 0 Å². The molecule has 2 rings (SSSR count). The number of para-hydroxylation sites is 1. The summed E-state index contributed by atoms with van der Waals surface area (Å²) in [6.07, 6.45) is 0.948. The molecule has 0 aliphatic carbocycles. The Morgan fingerprint density at radius 2 is 1.95 bits per heavy atom. The molecule has 106 valence electrons. The number of benzene rings is 2. The zero-order valence-electron chi connectivity index (χ0n) is 11.0. The van der Waals surface area contributed by atoms with Crippen LogP contribution in [0.4, 0.5) is 5.69 Å². The van der Waals surface area contributed by atoms with E-state index in [0.717, 1.165) is 22.0 Å². The van der Waals surface area contributed by atoms with Crippen LogP contribution < -0.4 is 10.5 Å². The van der Waals surface area contributed by atoms with Gasteiger partial charge in [0.2, 0.25) is 0 Å². The summed E-state index contributed by atoms with van der Waals surface area (Å²) in [5.41, 5.74) is 6.79. The van der Waals surface area contributed by atoms with Crippen molar-refractivity contribution >= 4 is 40.7 Å². The predicted octanol–water partition coefficient (Wildman–Crippen LogP) is 5.52. The molecule has 2 aromatic rings. The lowest BCUT2D eigenvalue weighted by atomic mass is 10.3. The second kappa shape index (κ2) is 7.11. The summed E-state index contributed by atoms with van der Waals surface area (Å²) >= 11 is 13.5. The van der Waals surface area contributed by atoms with Gasteiger partial charge in [-0.3, -0.25) is 0 Å². The van der Waals surface area contributed by atoms with Gasteiger partial charge in [-0.15, -0.1) is 0 Å². The van der Waals surface area contributed by atoms with E-state index >= 15 is 0 Å². The van der Waals surface area contributed by atoms with E-state index < -0.39 is 0 Å². The number of nitrogens with two attached hydrogens (primary N) is 1. The van der Waals surface area contributed by atoms with E-state index in [1.807, 2.05) is 30.3 Å². The van der Waals surface area contributed by atoms with Gasteiger partial charge in [0.1, 0.15) is 5.75 Å². The summed E-state index contributed by atoms with van der Waals surface area (Å²) < 4.78 is 5.62. The highest BCUT2D eigenvalue weighted by atomic mass is 35.5. The maximum absolute atomic E-state index is 6.14. The largest absolute Gasteiger partial charge is 0.491 e. The summed E-state index contributed by atoms with van der Waals surface area (Å²) in [4.78, 5) is 1.93. The van der Waals surface area contributed by atoms with Crippen LogP contribution in [0.3, 0.4) is 0 Å². The molecule has 2 nitrogen and oxygen atoms in total. The third-order valence-electron chi connectivity index (χ3n) is 2.61. The van der Waals surface area contributed by atoms with Crippen LogP contribution in [0, 0.1) is 0 Å². The number of rotatable bonds is 5. The maximum atomic E-state index is 6.14. The summed E-state index contributed by atoms with van der Waals surface area (Å²) in [6.45, 7) is 2.72. The van der Waals surface area contributed by atoms with E-state index in [4.69, 9.17) is 33.7 Å². The van der Waals surface area contributed by atoms with Gasteiger partial charge in [0.05, 0.1) is 22.3 Å². The molecule has 0 aromatic heterocycles. The first-order valence-corrected chi connectivity index (χ1v) is 7.83. The van der Waals surface area contributed by atoms with E-state index in [0.29, 0.717) is 22.3 Å². The third-order valence-corrected chi connectivity index (χ3v) is 4.41. The summed E-state index contributed by atoms with van der Waals surface area (Å²) in [5.74, 6) is 0.719. The average molecular weight is 328 g/mol. The zero-order valence-corrected chi connectivity index (χ0v) is 13.4. The van der Waals surface area contributed by atoms with Crippen LogP contribution in [0.2, 0.25) is 10.0 Å². The van der Waals surface area contributed by atoms with Crippen molar-refractivity contribution in [1.29, 1.82) is 0 Å². The molecule has 0 fully saturated rings. The Labute approximate surface area is 133 Å². The minimum absolute atomic E-state index is 0.536. The lowest BCUT2D eigenvalue weighted by Gasteiger charge is -2.11. The summed E-state index contributed by atoms with van der Waals surface area (Å²) in [7, 11) is 0. The SMILES string of the molecule is CCCOc1cccc(Sc2ccc(Cl)c(Cl)c2)c1N. The van der Waals surface area contributed by atoms with Gasteiger partial charge in [0.25, 0.3) is 0 Å². The lowest BCUT2D eigenvalue weighted by molar-refractivity contribution is 0.318. The number of hydrogen-bond acceptors (Lipinski definition) is 3. The van der Waals surface area contributed by atoms with Crippen molar-refractivity contribution < 1.29 is 4.74 Å². The molecule has 0 radical (unpaired) electrons. The van der Waals surface area contributed by atoms with Gasteiger partial charge >= 0.3 is 0 Å². The van der Waals surface area contributed by atoms with Gasteiger partial charge < -0.3 is 10.5 Å². The first-order valence-electron chi connectivity index (χ1n) is 6.26. The van der Waals surface area contributed by atoms with Gasteiger partial charge in [-0.25, -0.2) is 0 Å². The van der Waals surface area contributed by atoms with E-state index in [1.54, 1.807) is 6.07 Å². The van der Waals surface area contributed by atoms with Crippen molar-refractivity contribution in [2.75, 3.05) is 12.3 Å². The third kappa shape index (κ3) is 3.75. The van der Waals surface area contributed by atoms with Gasteiger partial charge in [0, 0.05) is 9.79 Å². The van der Waals surface area contributed by atoms with Crippen molar-refractivity contribution in [3.8, 4) is 5.75 Å². The smallest absolute Gasteiger partial charge is 0.143 e. The standard InChI is InChI=1S/C15H15Cl2NOS/c1-2-8-19-13-4-3-5-14(15(13)18)20-10-6-7-11(16)12(17)9-10/h3-7,9H,2,8,18H2,1H3. The summed E-state index contributed by atoms with van der Waals surface area (Å²) in [6, 6.07) is 11.3. The molecule has 0 atom stereocenters. The second-order valence-electron chi connectivity index (χ2n) is 4.19. The van der Waals surface area contributed by atoms with Crippen molar-refractivity contribution in [1.82, 2.24) is 0 Å². The van der Waals surface area contributed by atoms with Crippen LogP contribution >= 0.6 is 35.0 Å². The highest BCUT2D eigenvalue weighted by Gasteiger charge is 2.08. The van der Waals surface area contributed by atoms with Crippen LogP contribution in [0.5, 0.6) is 5.75 Å². The van der Waals surface area contributed by atoms with Gasteiger partial charge in [-0.05, 0) is 36.8 Å². The van der Waals surface area contributed by atoms with Crippen molar-refractivity contribution in [2.45, 2.75) is 23.1 Å². The minimum Gasteiger partial charge on any atom is -0.491 e. The highest BCUT2D eigenvalue weighted by molar-refractivity contribution is 7.99.